The molecule has 0 saturated carbocycles. The third kappa shape index (κ3) is 4.90. The molecule has 0 radical (unpaired) electrons. The lowest BCUT2D eigenvalue weighted by Crippen LogP contribution is -2.39. The number of halogens is 1. The first-order valence-corrected chi connectivity index (χ1v) is 11.0. The van der Waals surface area contributed by atoms with Crippen LogP contribution < -0.4 is 16.3 Å². The zero-order valence-corrected chi connectivity index (χ0v) is 19.6. The molecule has 3 N–H and O–H groups in total. The van der Waals surface area contributed by atoms with Crippen molar-refractivity contribution in [3.8, 4) is 11.1 Å². The number of carboxylic acid groups (broad SMARTS) is 1. The van der Waals surface area contributed by atoms with Crippen molar-refractivity contribution in [1.29, 1.82) is 0 Å². The van der Waals surface area contributed by atoms with Gasteiger partial charge in [-0.15, -0.1) is 0 Å². The molecule has 2 aromatic heterocycles. The number of aliphatic carboxylic acids is 1. The van der Waals surface area contributed by atoms with Gasteiger partial charge < -0.3 is 24.6 Å². The van der Waals surface area contributed by atoms with Gasteiger partial charge >= 0.3 is 11.6 Å². The second kappa shape index (κ2) is 9.63. The molecule has 0 unspecified atom stereocenters. The summed E-state index contributed by atoms with van der Waals surface area (Å²) in [6, 6.07) is 9.20. The average molecular weight is 497 g/mol. The van der Waals surface area contributed by atoms with E-state index in [9.17, 15) is 19.2 Å². The number of aryl methyl sites for hydroxylation is 2. The molecular weight excluding hydrogens is 476 g/mol. The molecule has 180 valence electrons. The zero-order valence-electron chi connectivity index (χ0n) is 18.9. The molecule has 0 saturated heterocycles. The first-order chi connectivity index (χ1) is 16.7. The molecule has 0 spiro atoms. The van der Waals surface area contributed by atoms with Crippen molar-refractivity contribution in [3.05, 3.63) is 68.7 Å². The van der Waals surface area contributed by atoms with Gasteiger partial charge in [-0.05, 0) is 43.2 Å². The standard InChI is InChI=1S/C25H21ClN2O7/c1-12-16-7-18-19(14-3-5-15(26)6-4-14)11-34-23(18)13(2)24(16)35-25(33)17(12)8-20(29)27-9-21(30)28-10-22(31)32/h3-7,11H,8-10H2,1-2H3,(H,27,29)(H,28,30)(H,31,32). The van der Waals surface area contributed by atoms with Gasteiger partial charge in [0.1, 0.15) is 17.7 Å². The van der Waals surface area contributed by atoms with Crippen LogP contribution in [-0.4, -0.2) is 36.0 Å². The molecule has 35 heavy (non-hydrogen) atoms. The highest BCUT2D eigenvalue weighted by Crippen LogP contribution is 2.37. The fraction of sp³-hybridized carbons (Fsp3) is 0.200. The molecular formula is C25H21ClN2O7. The smallest absolute Gasteiger partial charge is 0.340 e. The Balaban J connectivity index is 1.67. The second-order valence-electron chi connectivity index (χ2n) is 8.03. The molecule has 0 fully saturated rings. The topological polar surface area (TPSA) is 139 Å². The lowest BCUT2D eigenvalue weighted by atomic mass is 9.97. The fourth-order valence-electron chi connectivity index (χ4n) is 3.89. The van der Waals surface area contributed by atoms with Gasteiger partial charge in [0.15, 0.2) is 0 Å². The van der Waals surface area contributed by atoms with E-state index in [2.05, 4.69) is 10.6 Å². The summed E-state index contributed by atoms with van der Waals surface area (Å²) in [5, 5.41) is 15.2. The Morgan fingerprint density at radius 2 is 1.63 bits per heavy atom. The molecule has 2 heterocycles. The molecule has 0 aliphatic heterocycles. The zero-order chi connectivity index (χ0) is 25.3. The quantitative estimate of drug-likeness (QED) is 0.333. The third-order valence-electron chi connectivity index (χ3n) is 5.72. The summed E-state index contributed by atoms with van der Waals surface area (Å²) in [6.07, 6.45) is 1.33. The molecule has 0 bridgehead atoms. The maximum Gasteiger partial charge on any atom is 0.340 e. The predicted octanol–water partition coefficient (Wildman–Crippen LogP) is 3.34. The predicted molar refractivity (Wildman–Crippen MR) is 130 cm³/mol. The van der Waals surface area contributed by atoms with Crippen molar-refractivity contribution >= 4 is 51.3 Å². The Hall–Kier alpha value is -4.11. The van der Waals surface area contributed by atoms with Gasteiger partial charge in [0.05, 0.1) is 24.8 Å². The van der Waals surface area contributed by atoms with Gasteiger partial charge in [0.25, 0.3) is 0 Å². The molecule has 0 aliphatic carbocycles. The maximum absolute atomic E-state index is 12.7. The Bertz CT molecular complexity index is 1530. The summed E-state index contributed by atoms with van der Waals surface area (Å²) in [5.74, 6) is -2.43. The van der Waals surface area contributed by atoms with Crippen LogP contribution in [0.15, 0.2) is 50.2 Å². The van der Waals surface area contributed by atoms with Crippen LogP contribution in [0.25, 0.3) is 33.1 Å². The van der Waals surface area contributed by atoms with E-state index >= 15 is 0 Å². The van der Waals surface area contributed by atoms with Gasteiger partial charge in [-0.25, -0.2) is 4.79 Å². The van der Waals surface area contributed by atoms with Crippen LogP contribution >= 0.6 is 11.6 Å². The van der Waals surface area contributed by atoms with Crippen molar-refractivity contribution in [1.82, 2.24) is 10.6 Å². The highest BCUT2D eigenvalue weighted by Gasteiger charge is 2.20. The number of rotatable bonds is 7. The highest BCUT2D eigenvalue weighted by molar-refractivity contribution is 6.30. The van der Waals surface area contributed by atoms with Crippen molar-refractivity contribution in [2.45, 2.75) is 20.3 Å². The molecule has 4 aromatic rings. The van der Waals surface area contributed by atoms with Crippen molar-refractivity contribution in [3.63, 3.8) is 0 Å². The number of carbonyl (C=O) groups excluding carboxylic acids is 2. The van der Waals surface area contributed by atoms with Gasteiger partial charge in [-0.3, -0.25) is 14.4 Å². The number of nitrogens with one attached hydrogen (secondary N) is 2. The van der Waals surface area contributed by atoms with Gasteiger partial charge in [-0.2, -0.15) is 0 Å². The van der Waals surface area contributed by atoms with Crippen LogP contribution in [-0.2, 0) is 20.8 Å². The van der Waals surface area contributed by atoms with E-state index in [-0.39, 0.29) is 12.0 Å². The van der Waals surface area contributed by atoms with Crippen LogP contribution in [0.2, 0.25) is 5.02 Å². The number of carboxylic acids is 1. The lowest BCUT2D eigenvalue weighted by Gasteiger charge is -2.11. The molecule has 0 atom stereocenters. The van der Waals surface area contributed by atoms with Crippen LogP contribution in [0, 0.1) is 13.8 Å². The van der Waals surface area contributed by atoms with Gasteiger partial charge in [0, 0.05) is 26.9 Å². The van der Waals surface area contributed by atoms with Crippen LogP contribution in [0.5, 0.6) is 0 Å². The summed E-state index contributed by atoms with van der Waals surface area (Å²) in [4.78, 5) is 47.2. The summed E-state index contributed by atoms with van der Waals surface area (Å²) >= 11 is 6.01. The van der Waals surface area contributed by atoms with Gasteiger partial charge in [0.2, 0.25) is 11.8 Å². The molecule has 9 nitrogen and oxygen atoms in total. The first-order valence-electron chi connectivity index (χ1n) is 10.6. The SMILES string of the molecule is Cc1c(CC(=O)NCC(=O)NCC(=O)O)c(=O)oc2c(C)c3occ(-c4ccc(Cl)cc4)c3cc12. The Morgan fingerprint density at radius 1 is 0.943 bits per heavy atom. The van der Waals surface area contributed by atoms with E-state index in [4.69, 9.17) is 25.5 Å². The average Bonchev–Trinajstić information content (AvgIpc) is 3.25. The van der Waals surface area contributed by atoms with Crippen LogP contribution in [0.1, 0.15) is 16.7 Å². The summed E-state index contributed by atoms with van der Waals surface area (Å²) in [7, 11) is 0. The number of amides is 2. The monoisotopic (exact) mass is 496 g/mol. The normalized spacial score (nSPS) is 11.1. The van der Waals surface area contributed by atoms with Crippen molar-refractivity contribution < 1.29 is 28.3 Å². The third-order valence-corrected chi connectivity index (χ3v) is 5.97. The van der Waals surface area contributed by atoms with E-state index < -0.39 is 36.5 Å². The minimum absolute atomic E-state index is 0.163. The molecule has 10 heteroatoms. The minimum atomic E-state index is -1.20. The van der Waals surface area contributed by atoms with Crippen LogP contribution in [0.4, 0.5) is 0 Å². The van der Waals surface area contributed by atoms with E-state index in [0.717, 1.165) is 16.5 Å². The maximum atomic E-state index is 12.7. The second-order valence-corrected chi connectivity index (χ2v) is 8.46. The highest BCUT2D eigenvalue weighted by atomic mass is 35.5. The first kappa shape index (κ1) is 24.0. The molecule has 2 amide bonds. The Labute approximate surface area is 203 Å². The number of benzene rings is 2. The lowest BCUT2D eigenvalue weighted by molar-refractivity contribution is -0.137. The number of fused-ring (bicyclic) bond motifs is 2. The molecule has 4 rings (SSSR count). The number of hydrogen-bond acceptors (Lipinski definition) is 6. The summed E-state index contributed by atoms with van der Waals surface area (Å²) in [6.45, 7) is 2.56. The van der Waals surface area contributed by atoms with Crippen molar-refractivity contribution in [2.75, 3.05) is 13.1 Å². The minimum Gasteiger partial charge on any atom is -0.480 e. The summed E-state index contributed by atoms with van der Waals surface area (Å²) < 4.78 is 11.4. The number of furan rings is 1. The van der Waals surface area contributed by atoms with Crippen LogP contribution in [0.3, 0.4) is 0 Å². The fourth-order valence-corrected chi connectivity index (χ4v) is 4.02. The Kier molecular flexibility index (Phi) is 6.61. The molecule has 0 aliphatic rings. The van der Waals surface area contributed by atoms with E-state index in [1.807, 2.05) is 18.2 Å². The van der Waals surface area contributed by atoms with Gasteiger partial charge in [-0.1, -0.05) is 23.7 Å². The Morgan fingerprint density at radius 3 is 2.31 bits per heavy atom. The van der Waals surface area contributed by atoms with E-state index in [0.29, 0.717) is 32.7 Å². The number of hydrogen-bond donors (Lipinski definition) is 3. The number of carbonyl (C=O) groups is 3. The van der Waals surface area contributed by atoms with E-state index in [1.54, 1.807) is 32.2 Å². The molecule has 2 aromatic carbocycles. The van der Waals surface area contributed by atoms with E-state index in [1.165, 1.54) is 0 Å². The van der Waals surface area contributed by atoms with Crippen molar-refractivity contribution in [2.24, 2.45) is 0 Å². The largest absolute Gasteiger partial charge is 0.480 e. The summed E-state index contributed by atoms with van der Waals surface area (Å²) in [5.41, 5.74) is 3.45.